The van der Waals surface area contributed by atoms with Gasteiger partial charge in [0, 0.05) is 40.8 Å². The number of fused-ring (bicyclic) bond motifs is 1. The van der Waals surface area contributed by atoms with Gasteiger partial charge in [0.1, 0.15) is 17.4 Å². The molecule has 0 bridgehead atoms. The van der Waals surface area contributed by atoms with E-state index in [0.717, 1.165) is 0 Å². The number of aromatic nitrogens is 3. The molecule has 0 spiro atoms. The van der Waals surface area contributed by atoms with Crippen molar-refractivity contribution in [1.29, 1.82) is 5.26 Å². The lowest BCUT2D eigenvalue weighted by Gasteiger charge is -2.13. The molecular formula is C22H14ClFN4O. The zero-order valence-electron chi connectivity index (χ0n) is 15.3. The van der Waals surface area contributed by atoms with Crippen LogP contribution in [-0.4, -0.2) is 14.5 Å². The Morgan fingerprint density at radius 1 is 1.14 bits per heavy atom. The maximum Gasteiger partial charge on any atom is 0.252 e. The second kappa shape index (κ2) is 7.46. The van der Waals surface area contributed by atoms with Gasteiger partial charge in [0.25, 0.3) is 5.56 Å². The van der Waals surface area contributed by atoms with Gasteiger partial charge in [-0.15, -0.1) is 0 Å². The Morgan fingerprint density at radius 2 is 1.90 bits per heavy atom. The molecule has 3 aromatic heterocycles. The smallest absolute Gasteiger partial charge is 0.252 e. The van der Waals surface area contributed by atoms with Gasteiger partial charge in [-0.1, -0.05) is 29.8 Å². The highest BCUT2D eigenvalue weighted by molar-refractivity contribution is 6.30. The van der Waals surface area contributed by atoms with Crippen molar-refractivity contribution in [1.82, 2.24) is 14.5 Å². The average Bonchev–Trinajstić information content (AvgIpc) is 2.76. The van der Waals surface area contributed by atoms with E-state index in [9.17, 15) is 4.79 Å². The van der Waals surface area contributed by atoms with Crippen LogP contribution in [0.15, 0.2) is 65.6 Å². The standard InChI is InChI=1S/C22H14ClFN4O/c1-28-20(29)10-17(19-4-2-3-16(11-25)27-19)18-9-14(12-26-22(18)28)21(24)13-5-7-15(23)8-6-13/h2-10,12,21H,1H3. The zero-order valence-corrected chi connectivity index (χ0v) is 16.1. The van der Waals surface area contributed by atoms with E-state index in [-0.39, 0.29) is 11.3 Å². The lowest BCUT2D eigenvalue weighted by Crippen LogP contribution is -2.17. The molecule has 0 amide bonds. The normalized spacial score (nSPS) is 11.9. The van der Waals surface area contributed by atoms with Gasteiger partial charge in [0.05, 0.1) is 5.69 Å². The molecule has 0 aliphatic rings. The fourth-order valence-corrected chi connectivity index (χ4v) is 3.29. The van der Waals surface area contributed by atoms with Gasteiger partial charge in [-0.05, 0) is 35.9 Å². The minimum atomic E-state index is -1.41. The highest BCUT2D eigenvalue weighted by Crippen LogP contribution is 2.31. The average molecular weight is 405 g/mol. The molecule has 5 nitrogen and oxygen atoms in total. The van der Waals surface area contributed by atoms with Gasteiger partial charge in [-0.2, -0.15) is 5.26 Å². The Kier molecular flexibility index (Phi) is 4.83. The summed E-state index contributed by atoms with van der Waals surface area (Å²) in [7, 11) is 1.60. The van der Waals surface area contributed by atoms with Crippen molar-refractivity contribution in [3.63, 3.8) is 0 Å². The lowest BCUT2D eigenvalue weighted by molar-refractivity contribution is 0.401. The third-order valence-electron chi connectivity index (χ3n) is 4.69. The molecule has 4 rings (SSSR count). The molecular weight excluding hydrogens is 391 g/mol. The topological polar surface area (TPSA) is 71.6 Å². The molecule has 0 saturated carbocycles. The lowest BCUT2D eigenvalue weighted by atomic mass is 10.0. The van der Waals surface area contributed by atoms with Crippen molar-refractivity contribution in [3.05, 3.63) is 93.0 Å². The first-order valence-electron chi connectivity index (χ1n) is 8.74. The largest absolute Gasteiger partial charge is 0.296 e. The number of hydrogen-bond acceptors (Lipinski definition) is 4. The summed E-state index contributed by atoms with van der Waals surface area (Å²) in [5, 5.41) is 10.2. The van der Waals surface area contributed by atoms with Crippen LogP contribution >= 0.6 is 11.6 Å². The van der Waals surface area contributed by atoms with Crippen LogP contribution in [-0.2, 0) is 7.05 Å². The van der Waals surface area contributed by atoms with Crippen molar-refractivity contribution in [2.75, 3.05) is 0 Å². The molecule has 4 aromatic rings. The predicted molar refractivity (Wildman–Crippen MR) is 109 cm³/mol. The predicted octanol–water partition coefficient (Wildman–Crippen LogP) is 4.58. The van der Waals surface area contributed by atoms with Gasteiger partial charge >= 0.3 is 0 Å². The van der Waals surface area contributed by atoms with E-state index in [1.807, 2.05) is 6.07 Å². The van der Waals surface area contributed by atoms with Gasteiger partial charge in [-0.25, -0.2) is 14.4 Å². The van der Waals surface area contributed by atoms with Crippen molar-refractivity contribution in [2.24, 2.45) is 7.05 Å². The van der Waals surface area contributed by atoms with Crippen LogP contribution in [0.1, 0.15) is 23.0 Å². The fourth-order valence-electron chi connectivity index (χ4n) is 3.16. The summed E-state index contributed by atoms with van der Waals surface area (Å²) in [4.78, 5) is 21.0. The van der Waals surface area contributed by atoms with Crippen LogP contribution in [0.25, 0.3) is 22.3 Å². The first-order chi connectivity index (χ1) is 14.0. The van der Waals surface area contributed by atoms with Gasteiger partial charge < -0.3 is 0 Å². The van der Waals surface area contributed by atoms with Crippen molar-refractivity contribution in [2.45, 2.75) is 6.17 Å². The number of hydrogen-bond donors (Lipinski definition) is 0. The first-order valence-corrected chi connectivity index (χ1v) is 9.12. The van der Waals surface area contributed by atoms with Gasteiger partial charge in [-0.3, -0.25) is 9.36 Å². The molecule has 7 heteroatoms. The van der Waals surface area contributed by atoms with E-state index in [0.29, 0.717) is 38.4 Å². The summed E-state index contributed by atoms with van der Waals surface area (Å²) in [6, 6.07) is 16.5. The quantitative estimate of drug-likeness (QED) is 0.501. The van der Waals surface area contributed by atoms with Gasteiger partial charge in [0.15, 0.2) is 6.17 Å². The number of aryl methyl sites for hydroxylation is 1. The number of nitrogens with zero attached hydrogens (tertiary/aromatic N) is 4. The Bertz CT molecular complexity index is 1330. The van der Waals surface area contributed by atoms with Crippen molar-refractivity contribution < 1.29 is 4.39 Å². The molecule has 142 valence electrons. The van der Waals surface area contributed by atoms with Crippen LogP contribution in [0, 0.1) is 11.3 Å². The molecule has 0 fully saturated rings. The molecule has 0 radical (unpaired) electrons. The molecule has 3 heterocycles. The summed E-state index contributed by atoms with van der Waals surface area (Å²) >= 11 is 5.89. The Hall–Kier alpha value is -3.56. The monoisotopic (exact) mass is 404 g/mol. The highest BCUT2D eigenvalue weighted by atomic mass is 35.5. The van der Waals surface area contributed by atoms with E-state index in [1.54, 1.807) is 55.6 Å². The Morgan fingerprint density at radius 3 is 2.62 bits per heavy atom. The fraction of sp³-hybridized carbons (Fsp3) is 0.0909. The van der Waals surface area contributed by atoms with E-state index < -0.39 is 6.17 Å². The minimum Gasteiger partial charge on any atom is -0.296 e. The number of alkyl halides is 1. The van der Waals surface area contributed by atoms with Crippen LogP contribution in [0.4, 0.5) is 4.39 Å². The highest BCUT2D eigenvalue weighted by Gasteiger charge is 2.17. The van der Waals surface area contributed by atoms with Crippen LogP contribution in [0.5, 0.6) is 0 Å². The number of benzene rings is 1. The van der Waals surface area contributed by atoms with E-state index in [4.69, 9.17) is 16.9 Å². The molecule has 1 unspecified atom stereocenters. The molecule has 1 aromatic carbocycles. The molecule has 0 N–H and O–H groups in total. The number of nitriles is 1. The Balaban J connectivity index is 1.93. The summed E-state index contributed by atoms with van der Waals surface area (Å²) in [6.45, 7) is 0. The zero-order chi connectivity index (χ0) is 20.5. The second-order valence-corrected chi connectivity index (χ2v) is 6.97. The summed E-state index contributed by atoms with van der Waals surface area (Å²) in [5.41, 5.74) is 2.10. The third kappa shape index (κ3) is 3.48. The second-order valence-electron chi connectivity index (χ2n) is 6.53. The van der Waals surface area contributed by atoms with Crippen LogP contribution in [0.2, 0.25) is 5.02 Å². The summed E-state index contributed by atoms with van der Waals surface area (Å²) in [6.07, 6.45) is 0.0110. The summed E-state index contributed by atoms with van der Waals surface area (Å²) in [5.74, 6) is 0. The molecule has 1 atom stereocenters. The van der Waals surface area contributed by atoms with Crippen LogP contribution < -0.4 is 5.56 Å². The third-order valence-corrected chi connectivity index (χ3v) is 4.94. The van der Waals surface area contributed by atoms with E-state index in [1.165, 1.54) is 16.8 Å². The Labute approximate surface area is 170 Å². The van der Waals surface area contributed by atoms with Gasteiger partial charge in [0.2, 0.25) is 0 Å². The molecule has 0 saturated heterocycles. The number of halogens is 2. The van der Waals surface area contributed by atoms with E-state index in [2.05, 4.69) is 9.97 Å². The van der Waals surface area contributed by atoms with Crippen LogP contribution in [0.3, 0.4) is 0 Å². The number of rotatable bonds is 3. The molecule has 0 aliphatic heterocycles. The summed E-state index contributed by atoms with van der Waals surface area (Å²) < 4.78 is 16.5. The maximum atomic E-state index is 15.1. The van der Waals surface area contributed by atoms with Crippen molar-refractivity contribution >= 4 is 22.6 Å². The van der Waals surface area contributed by atoms with E-state index >= 15 is 4.39 Å². The number of pyridine rings is 3. The molecule has 0 aliphatic carbocycles. The van der Waals surface area contributed by atoms with Crippen molar-refractivity contribution in [3.8, 4) is 17.3 Å². The molecule has 29 heavy (non-hydrogen) atoms. The SMILES string of the molecule is Cn1c(=O)cc(-c2cccc(C#N)n2)c2cc(C(F)c3ccc(Cl)cc3)cnc21. The maximum absolute atomic E-state index is 15.1. The minimum absolute atomic E-state index is 0.227. The first kappa shape index (κ1) is 18.8.